The molecule has 0 amide bonds. The van der Waals surface area contributed by atoms with E-state index < -0.39 is 6.17 Å². The molecule has 0 spiro atoms. The Labute approximate surface area is 147 Å². The minimum Gasteiger partial charge on any atom is -0.297 e. The molecule has 2 aromatic heterocycles. The smallest absolute Gasteiger partial charge is 0.165 e. The van der Waals surface area contributed by atoms with Crippen molar-refractivity contribution >= 4 is 0 Å². The van der Waals surface area contributed by atoms with E-state index in [1.165, 1.54) is 6.33 Å². The van der Waals surface area contributed by atoms with Gasteiger partial charge in [-0.3, -0.25) is 9.80 Å². The summed E-state index contributed by atoms with van der Waals surface area (Å²) in [5.74, 6) is 0.829. The SMILES string of the molecule is CC(C)n1nnnc1CN(C)C[C@@H]1C[C@H](F)CN1Cc1cncnc1. The number of likely N-dealkylation sites (N-methyl/N-ethyl adjacent to an activating group) is 1. The van der Waals surface area contributed by atoms with E-state index in [1.807, 2.05) is 25.6 Å². The van der Waals surface area contributed by atoms with E-state index in [1.54, 1.807) is 12.4 Å². The number of nitrogens with zero attached hydrogens (tertiary/aromatic N) is 8. The zero-order valence-electron chi connectivity index (χ0n) is 15.0. The lowest BCUT2D eigenvalue weighted by atomic mass is 10.2. The Hall–Kier alpha value is -2.00. The summed E-state index contributed by atoms with van der Waals surface area (Å²) in [4.78, 5) is 12.4. The first kappa shape index (κ1) is 17.8. The van der Waals surface area contributed by atoms with Crippen molar-refractivity contribution in [3.63, 3.8) is 0 Å². The van der Waals surface area contributed by atoms with Crippen LogP contribution in [-0.2, 0) is 13.1 Å². The normalized spacial score (nSPS) is 21.5. The van der Waals surface area contributed by atoms with Crippen LogP contribution < -0.4 is 0 Å². The molecule has 2 aromatic rings. The summed E-state index contributed by atoms with van der Waals surface area (Å²) in [5.41, 5.74) is 1.01. The van der Waals surface area contributed by atoms with E-state index >= 15 is 0 Å². The Balaban J connectivity index is 1.60. The van der Waals surface area contributed by atoms with Crippen molar-refractivity contribution in [2.75, 3.05) is 20.1 Å². The summed E-state index contributed by atoms with van der Waals surface area (Å²) in [6, 6.07) is 0.373. The molecule has 3 heterocycles. The Morgan fingerprint density at radius 2 is 2.08 bits per heavy atom. The molecule has 0 aromatic carbocycles. The Morgan fingerprint density at radius 1 is 1.32 bits per heavy atom. The minimum absolute atomic E-state index is 0.156. The zero-order valence-corrected chi connectivity index (χ0v) is 15.0. The molecule has 3 rings (SSSR count). The number of hydrogen-bond donors (Lipinski definition) is 0. The predicted molar refractivity (Wildman–Crippen MR) is 90.3 cm³/mol. The van der Waals surface area contributed by atoms with Gasteiger partial charge in [-0.2, -0.15) is 0 Å². The van der Waals surface area contributed by atoms with Gasteiger partial charge in [0.25, 0.3) is 0 Å². The van der Waals surface area contributed by atoms with Gasteiger partial charge in [0, 0.05) is 43.6 Å². The molecule has 136 valence electrons. The largest absolute Gasteiger partial charge is 0.297 e. The Kier molecular flexibility index (Phi) is 5.64. The van der Waals surface area contributed by atoms with E-state index in [9.17, 15) is 4.39 Å². The van der Waals surface area contributed by atoms with Gasteiger partial charge in [-0.1, -0.05) is 0 Å². The van der Waals surface area contributed by atoms with Crippen LogP contribution in [0.1, 0.15) is 37.7 Å². The molecule has 0 N–H and O–H groups in total. The molecule has 1 aliphatic heterocycles. The van der Waals surface area contributed by atoms with Crippen LogP contribution in [-0.4, -0.2) is 72.3 Å². The maximum Gasteiger partial charge on any atom is 0.165 e. The third kappa shape index (κ3) is 4.55. The Morgan fingerprint density at radius 3 is 2.80 bits per heavy atom. The van der Waals surface area contributed by atoms with Crippen LogP contribution in [0.5, 0.6) is 0 Å². The Bertz CT molecular complexity index is 661. The van der Waals surface area contributed by atoms with E-state index in [-0.39, 0.29) is 12.1 Å². The summed E-state index contributed by atoms with van der Waals surface area (Å²) in [6.45, 7) is 6.63. The van der Waals surface area contributed by atoms with Crippen molar-refractivity contribution in [2.24, 2.45) is 0 Å². The first-order valence-corrected chi connectivity index (χ1v) is 8.60. The van der Waals surface area contributed by atoms with Crippen LogP contribution in [0, 0.1) is 0 Å². The summed E-state index contributed by atoms with van der Waals surface area (Å²) in [5, 5.41) is 11.9. The zero-order chi connectivity index (χ0) is 17.8. The molecule has 0 bridgehead atoms. The van der Waals surface area contributed by atoms with Crippen molar-refractivity contribution < 1.29 is 4.39 Å². The van der Waals surface area contributed by atoms with Gasteiger partial charge in [0.15, 0.2) is 5.82 Å². The molecule has 25 heavy (non-hydrogen) atoms. The summed E-state index contributed by atoms with van der Waals surface area (Å²) in [6.07, 6.45) is 4.85. The fraction of sp³-hybridized carbons (Fsp3) is 0.688. The summed E-state index contributed by atoms with van der Waals surface area (Å²) in [7, 11) is 2.02. The molecule has 1 aliphatic rings. The van der Waals surface area contributed by atoms with Crippen molar-refractivity contribution in [3.05, 3.63) is 30.1 Å². The first-order valence-electron chi connectivity index (χ1n) is 8.60. The average molecular weight is 348 g/mol. The monoisotopic (exact) mass is 348 g/mol. The van der Waals surface area contributed by atoms with Gasteiger partial charge in [-0.05, 0) is 37.7 Å². The number of tetrazole rings is 1. The third-order valence-corrected chi connectivity index (χ3v) is 4.46. The number of likely N-dealkylation sites (tertiary alicyclic amines) is 1. The minimum atomic E-state index is -0.788. The third-order valence-electron chi connectivity index (χ3n) is 4.46. The molecule has 0 aliphatic carbocycles. The van der Waals surface area contributed by atoms with Gasteiger partial charge in [-0.25, -0.2) is 19.0 Å². The number of rotatable bonds is 7. The molecule has 0 saturated carbocycles. The lowest BCUT2D eigenvalue weighted by Gasteiger charge is -2.28. The van der Waals surface area contributed by atoms with Gasteiger partial charge in [0.05, 0.1) is 12.6 Å². The molecule has 1 fully saturated rings. The van der Waals surface area contributed by atoms with Gasteiger partial charge in [0.2, 0.25) is 0 Å². The van der Waals surface area contributed by atoms with Crippen LogP contribution in [0.4, 0.5) is 4.39 Å². The second kappa shape index (κ2) is 7.92. The maximum absolute atomic E-state index is 14.0. The lowest BCUT2D eigenvalue weighted by molar-refractivity contribution is 0.177. The van der Waals surface area contributed by atoms with Crippen LogP contribution in [0.25, 0.3) is 0 Å². The van der Waals surface area contributed by atoms with Crippen LogP contribution in [0.15, 0.2) is 18.7 Å². The van der Waals surface area contributed by atoms with Crippen LogP contribution >= 0.6 is 0 Å². The van der Waals surface area contributed by atoms with Gasteiger partial charge < -0.3 is 0 Å². The summed E-state index contributed by atoms with van der Waals surface area (Å²) >= 11 is 0. The standard InChI is InChI=1S/C16H25FN8/c1-12(2)25-16(20-21-22-25)10-23(3)9-15-4-14(17)8-24(15)7-13-5-18-11-19-6-13/h5-6,11-12,14-15H,4,7-10H2,1-3H3/t14-,15-/m0/s1. The van der Waals surface area contributed by atoms with Gasteiger partial charge in [-0.15, -0.1) is 5.10 Å². The van der Waals surface area contributed by atoms with E-state index in [0.717, 1.165) is 17.9 Å². The second-order valence-corrected chi connectivity index (χ2v) is 6.99. The topological polar surface area (TPSA) is 75.9 Å². The number of aromatic nitrogens is 6. The van der Waals surface area contributed by atoms with Gasteiger partial charge >= 0.3 is 0 Å². The molecule has 2 atom stereocenters. The van der Waals surface area contributed by atoms with Gasteiger partial charge in [0.1, 0.15) is 12.5 Å². The summed E-state index contributed by atoms with van der Waals surface area (Å²) < 4.78 is 15.8. The first-order chi connectivity index (χ1) is 12.0. The molecular formula is C16H25FN8. The van der Waals surface area contributed by atoms with Crippen molar-refractivity contribution in [1.82, 2.24) is 40.0 Å². The fourth-order valence-corrected chi connectivity index (χ4v) is 3.34. The maximum atomic E-state index is 14.0. The quantitative estimate of drug-likeness (QED) is 0.741. The average Bonchev–Trinajstić information content (AvgIpc) is 3.15. The fourth-order valence-electron chi connectivity index (χ4n) is 3.34. The van der Waals surface area contributed by atoms with E-state index in [0.29, 0.717) is 26.1 Å². The molecule has 8 nitrogen and oxygen atoms in total. The number of alkyl halides is 1. The predicted octanol–water partition coefficient (Wildman–Crippen LogP) is 1.09. The molecular weight excluding hydrogens is 323 g/mol. The number of halogens is 1. The van der Waals surface area contributed by atoms with Crippen LogP contribution in [0.3, 0.4) is 0 Å². The van der Waals surface area contributed by atoms with E-state index in [4.69, 9.17) is 0 Å². The highest BCUT2D eigenvalue weighted by atomic mass is 19.1. The second-order valence-electron chi connectivity index (χ2n) is 6.99. The number of hydrogen-bond acceptors (Lipinski definition) is 7. The highest BCUT2D eigenvalue weighted by Crippen LogP contribution is 2.23. The van der Waals surface area contributed by atoms with E-state index in [2.05, 4.69) is 35.3 Å². The molecule has 0 radical (unpaired) electrons. The van der Waals surface area contributed by atoms with Crippen molar-refractivity contribution in [2.45, 2.75) is 51.6 Å². The van der Waals surface area contributed by atoms with Crippen LogP contribution in [0.2, 0.25) is 0 Å². The van der Waals surface area contributed by atoms with Crippen molar-refractivity contribution in [1.29, 1.82) is 0 Å². The highest BCUT2D eigenvalue weighted by molar-refractivity contribution is 5.04. The molecule has 0 unspecified atom stereocenters. The van der Waals surface area contributed by atoms with Crippen molar-refractivity contribution in [3.8, 4) is 0 Å². The lowest BCUT2D eigenvalue weighted by Crippen LogP contribution is -2.38. The molecule has 1 saturated heterocycles. The highest BCUT2D eigenvalue weighted by Gasteiger charge is 2.33. The molecule has 9 heteroatoms.